The Hall–Kier alpha value is -3.18. The maximum absolute atomic E-state index is 5.29. The van der Waals surface area contributed by atoms with Gasteiger partial charge < -0.3 is 10.1 Å². The van der Waals surface area contributed by atoms with Crippen molar-refractivity contribution in [1.82, 2.24) is 4.98 Å². The number of amidine groups is 1. The van der Waals surface area contributed by atoms with Gasteiger partial charge in [-0.3, -0.25) is 4.99 Å². The van der Waals surface area contributed by atoms with Crippen LogP contribution in [0.1, 0.15) is 22.2 Å². The zero-order valence-electron chi connectivity index (χ0n) is 14.7. The number of thiazole rings is 1. The van der Waals surface area contributed by atoms with Crippen molar-refractivity contribution in [3.8, 4) is 5.75 Å². The molecular formula is C22H17N3OS. The van der Waals surface area contributed by atoms with Crippen LogP contribution in [0.15, 0.2) is 77.8 Å². The summed E-state index contributed by atoms with van der Waals surface area (Å²) >= 11 is 1.66. The Morgan fingerprint density at radius 1 is 0.926 bits per heavy atom. The van der Waals surface area contributed by atoms with E-state index in [0.29, 0.717) is 0 Å². The second-order valence-corrected chi connectivity index (χ2v) is 7.38. The zero-order valence-corrected chi connectivity index (χ0v) is 15.5. The van der Waals surface area contributed by atoms with Crippen molar-refractivity contribution in [2.45, 2.75) is 6.04 Å². The molecule has 132 valence electrons. The first-order valence-electron chi connectivity index (χ1n) is 8.75. The van der Waals surface area contributed by atoms with E-state index in [2.05, 4.69) is 41.7 Å². The van der Waals surface area contributed by atoms with Crippen LogP contribution in [-0.2, 0) is 0 Å². The number of hydrogen-bond acceptors (Lipinski definition) is 5. The van der Waals surface area contributed by atoms with Gasteiger partial charge in [-0.15, -0.1) is 11.3 Å². The Balaban J connectivity index is 1.62. The Morgan fingerprint density at radius 3 is 2.52 bits per heavy atom. The number of aliphatic imine (C=N–C) groups is 1. The number of hydrogen-bond donors (Lipinski definition) is 1. The largest absolute Gasteiger partial charge is 0.497 e. The molecule has 0 unspecified atom stereocenters. The minimum absolute atomic E-state index is 0.0737. The van der Waals surface area contributed by atoms with Gasteiger partial charge in [-0.25, -0.2) is 4.98 Å². The average Bonchev–Trinajstić information content (AvgIpc) is 3.17. The molecule has 0 saturated carbocycles. The summed E-state index contributed by atoms with van der Waals surface area (Å²) in [6.07, 6.45) is 0. The monoisotopic (exact) mass is 371 g/mol. The van der Waals surface area contributed by atoms with Crippen molar-refractivity contribution >= 4 is 33.1 Å². The zero-order chi connectivity index (χ0) is 18.2. The van der Waals surface area contributed by atoms with Crippen LogP contribution in [0.25, 0.3) is 10.2 Å². The predicted octanol–water partition coefficient (Wildman–Crippen LogP) is 5.27. The van der Waals surface area contributed by atoms with E-state index >= 15 is 0 Å². The van der Waals surface area contributed by atoms with Crippen LogP contribution in [-0.4, -0.2) is 17.9 Å². The summed E-state index contributed by atoms with van der Waals surface area (Å²) in [6, 6.07) is 24.5. The molecule has 5 heteroatoms. The highest BCUT2D eigenvalue weighted by atomic mass is 32.1. The number of nitrogens with zero attached hydrogens (tertiary/aromatic N) is 2. The van der Waals surface area contributed by atoms with Gasteiger partial charge in [0.2, 0.25) is 0 Å². The molecule has 0 aliphatic carbocycles. The third kappa shape index (κ3) is 2.86. The number of methoxy groups -OCH3 is 1. The number of rotatable bonds is 3. The topological polar surface area (TPSA) is 46.5 Å². The van der Waals surface area contributed by atoms with Crippen LogP contribution in [0.3, 0.4) is 0 Å². The highest BCUT2D eigenvalue weighted by Gasteiger charge is 2.24. The molecule has 1 aromatic heterocycles. The van der Waals surface area contributed by atoms with Gasteiger partial charge in [0.25, 0.3) is 0 Å². The molecule has 1 aliphatic rings. The molecule has 1 N–H and O–H groups in total. The lowest BCUT2D eigenvalue weighted by Crippen LogP contribution is -2.21. The Labute approximate surface area is 161 Å². The van der Waals surface area contributed by atoms with Crippen LogP contribution < -0.4 is 10.1 Å². The fourth-order valence-corrected chi connectivity index (χ4v) is 4.25. The Bertz CT molecular complexity index is 1110. The van der Waals surface area contributed by atoms with Gasteiger partial charge in [0.1, 0.15) is 11.8 Å². The molecule has 0 bridgehead atoms. The number of benzene rings is 3. The standard InChI is InChI=1S/C22H17N3OS/c1-26-15-12-10-14(11-13-15)20-16-6-2-3-7-17(16)23-21(25-20)22-24-18-8-4-5-9-19(18)27-22/h2-13,20H,1H3,(H,23,25)/t20-/m1/s1. The average molecular weight is 371 g/mol. The molecule has 5 rings (SSSR count). The van der Waals surface area contributed by atoms with E-state index in [1.807, 2.05) is 36.4 Å². The number of fused-ring (bicyclic) bond motifs is 2. The summed E-state index contributed by atoms with van der Waals surface area (Å²) in [7, 11) is 1.68. The second kappa shape index (κ2) is 6.52. The highest BCUT2D eigenvalue weighted by Crippen LogP contribution is 2.37. The first kappa shape index (κ1) is 16.0. The van der Waals surface area contributed by atoms with E-state index in [0.717, 1.165) is 43.6 Å². The van der Waals surface area contributed by atoms with Gasteiger partial charge in [0.05, 0.1) is 17.3 Å². The number of aromatic nitrogens is 1. The Morgan fingerprint density at radius 2 is 1.70 bits per heavy atom. The van der Waals surface area contributed by atoms with Gasteiger partial charge in [-0.05, 0) is 35.9 Å². The molecule has 0 radical (unpaired) electrons. The maximum Gasteiger partial charge on any atom is 0.163 e. The van der Waals surface area contributed by atoms with Crippen molar-refractivity contribution < 1.29 is 4.74 Å². The minimum Gasteiger partial charge on any atom is -0.497 e. The molecule has 0 fully saturated rings. The maximum atomic E-state index is 5.29. The normalized spacial score (nSPS) is 15.7. The summed E-state index contributed by atoms with van der Waals surface area (Å²) in [5.74, 6) is 1.66. The molecule has 2 heterocycles. The fraction of sp³-hybridized carbons (Fsp3) is 0.0909. The highest BCUT2D eigenvalue weighted by molar-refractivity contribution is 7.20. The molecule has 1 aliphatic heterocycles. The van der Waals surface area contributed by atoms with E-state index in [1.54, 1.807) is 18.4 Å². The summed E-state index contributed by atoms with van der Waals surface area (Å²) in [5, 5.41) is 4.38. The lowest BCUT2D eigenvalue weighted by molar-refractivity contribution is 0.414. The number of nitrogens with one attached hydrogen (secondary N) is 1. The lowest BCUT2D eigenvalue weighted by atomic mass is 9.96. The van der Waals surface area contributed by atoms with Crippen molar-refractivity contribution in [1.29, 1.82) is 0 Å². The Kier molecular flexibility index (Phi) is 3.87. The second-order valence-electron chi connectivity index (χ2n) is 6.35. The first-order chi connectivity index (χ1) is 13.3. The molecule has 1 atom stereocenters. The molecule has 0 saturated heterocycles. The summed E-state index contributed by atoms with van der Waals surface area (Å²) in [4.78, 5) is 9.80. The van der Waals surface area contributed by atoms with Gasteiger partial charge in [0, 0.05) is 11.3 Å². The summed E-state index contributed by atoms with van der Waals surface area (Å²) in [5.41, 5.74) is 4.36. The van der Waals surface area contributed by atoms with Gasteiger partial charge in [-0.1, -0.05) is 42.5 Å². The number of anilines is 1. The van der Waals surface area contributed by atoms with Crippen LogP contribution in [0, 0.1) is 0 Å². The third-order valence-electron chi connectivity index (χ3n) is 4.69. The van der Waals surface area contributed by atoms with Crippen LogP contribution in [0.4, 0.5) is 5.69 Å². The van der Waals surface area contributed by atoms with Gasteiger partial charge >= 0.3 is 0 Å². The lowest BCUT2D eigenvalue weighted by Gasteiger charge is -2.25. The molecule has 0 amide bonds. The van der Waals surface area contributed by atoms with Crippen molar-refractivity contribution in [3.05, 3.63) is 88.9 Å². The minimum atomic E-state index is -0.0737. The fourth-order valence-electron chi connectivity index (χ4n) is 3.33. The predicted molar refractivity (Wildman–Crippen MR) is 111 cm³/mol. The summed E-state index contributed by atoms with van der Waals surface area (Å²) < 4.78 is 6.46. The van der Waals surface area contributed by atoms with E-state index in [9.17, 15) is 0 Å². The molecule has 4 aromatic rings. The number of ether oxygens (including phenoxy) is 1. The number of para-hydroxylation sites is 2. The molecule has 3 aromatic carbocycles. The third-order valence-corrected chi connectivity index (χ3v) is 5.74. The van der Waals surface area contributed by atoms with Crippen molar-refractivity contribution in [3.63, 3.8) is 0 Å². The SMILES string of the molecule is COc1ccc([C@H]2N=C(c3nc4ccccc4s3)Nc3ccccc32)cc1. The van der Waals surface area contributed by atoms with Crippen molar-refractivity contribution in [2.75, 3.05) is 12.4 Å². The van der Waals surface area contributed by atoms with Gasteiger partial charge in [0.15, 0.2) is 10.8 Å². The quantitative estimate of drug-likeness (QED) is 0.534. The summed E-state index contributed by atoms with van der Waals surface area (Å²) in [6.45, 7) is 0. The first-order valence-corrected chi connectivity index (χ1v) is 9.57. The van der Waals surface area contributed by atoms with Crippen LogP contribution >= 0.6 is 11.3 Å². The smallest absolute Gasteiger partial charge is 0.163 e. The van der Waals surface area contributed by atoms with E-state index in [1.165, 1.54) is 0 Å². The van der Waals surface area contributed by atoms with E-state index in [-0.39, 0.29) is 6.04 Å². The molecule has 4 nitrogen and oxygen atoms in total. The van der Waals surface area contributed by atoms with E-state index in [4.69, 9.17) is 14.7 Å². The van der Waals surface area contributed by atoms with Crippen LogP contribution in [0.2, 0.25) is 0 Å². The molecule has 0 spiro atoms. The van der Waals surface area contributed by atoms with Crippen LogP contribution in [0.5, 0.6) is 5.75 Å². The van der Waals surface area contributed by atoms with E-state index < -0.39 is 0 Å². The molecule has 27 heavy (non-hydrogen) atoms. The van der Waals surface area contributed by atoms with Gasteiger partial charge in [-0.2, -0.15) is 0 Å². The molecular weight excluding hydrogens is 354 g/mol. The van der Waals surface area contributed by atoms with Crippen molar-refractivity contribution in [2.24, 2.45) is 4.99 Å².